The summed E-state index contributed by atoms with van der Waals surface area (Å²) in [6, 6.07) is 18.3. The number of carbonyl (C=O) groups is 2. The molecule has 0 heterocycles. The van der Waals surface area contributed by atoms with Gasteiger partial charge in [0.25, 0.3) is 5.91 Å². The molecular weight excluding hydrogens is 385 g/mol. The topological polar surface area (TPSA) is 55.4 Å². The maximum Gasteiger partial charge on any atom is 0.341 e. The Bertz CT molecular complexity index is 978. The van der Waals surface area contributed by atoms with Gasteiger partial charge in [0.2, 0.25) is 0 Å². The van der Waals surface area contributed by atoms with Crippen molar-refractivity contribution in [3.8, 4) is 0 Å². The molecule has 0 radical (unpaired) electrons. The fraction of sp³-hybridized carbons (Fsp3) is 0.143. The highest BCUT2D eigenvalue weighted by molar-refractivity contribution is 6.39. The summed E-state index contributed by atoms with van der Waals surface area (Å²) < 4.78 is 5.06. The maximum atomic E-state index is 12.2. The molecule has 0 spiro atoms. The number of hydrogen-bond donors (Lipinski definition) is 1. The molecule has 3 aromatic rings. The van der Waals surface area contributed by atoms with Crippen LogP contribution in [0.4, 0.5) is 0 Å². The molecular formula is C21H17Cl2NO3. The average molecular weight is 402 g/mol. The van der Waals surface area contributed by atoms with Crippen molar-refractivity contribution < 1.29 is 14.3 Å². The average Bonchev–Trinajstić information content (AvgIpc) is 2.65. The van der Waals surface area contributed by atoms with Crippen molar-refractivity contribution >= 4 is 45.9 Å². The lowest BCUT2D eigenvalue weighted by Crippen LogP contribution is -2.31. The first kappa shape index (κ1) is 19.2. The minimum atomic E-state index is -0.737. The zero-order chi connectivity index (χ0) is 19.4. The monoisotopic (exact) mass is 401 g/mol. The molecule has 138 valence electrons. The quantitative estimate of drug-likeness (QED) is 0.599. The van der Waals surface area contributed by atoms with Gasteiger partial charge in [-0.15, -0.1) is 0 Å². The van der Waals surface area contributed by atoms with E-state index in [1.807, 2.05) is 49.4 Å². The van der Waals surface area contributed by atoms with E-state index in [2.05, 4.69) is 5.32 Å². The van der Waals surface area contributed by atoms with Crippen LogP contribution >= 0.6 is 23.2 Å². The number of hydrogen-bond acceptors (Lipinski definition) is 3. The molecule has 6 heteroatoms. The Morgan fingerprint density at radius 2 is 1.59 bits per heavy atom. The third-order valence-corrected chi connectivity index (χ3v) is 4.80. The molecule has 0 aliphatic heterocycles. The number of amides is 1. The van der Waals surface area contributed by atoms with Crippen molar-refractivity contribution in [2.75, 3.05) is 6.61 Å². The summed E-state index contributed by atoms with van der Waals surface area (Å²) in [6.07, 6.45) is 0. The molecule has 1 unspecified atom stereocenters. The van der Waals surface area contributed by atoms with Crippen molar-refractivity contribution in [2.24, 2.45) is 0 Å². The van der Waals surface area contributed by atoms with Crippen molar-refractivity contribution in [3.63, 3.8) is 0 Å². The van der Waals surface area contributed by atoms with Crippen molar-refractivity contribution in [1.82, 2.24) is 5.32 Å². The Hall–Kier alpha value is -2.56. The third kappa shape index (κ3) is 4.41. The van der Waals surface area contributed by atoms with E-state index >= 15 is 0 Å². The van der Waals surface area contributed by atoms with Gasteiger partial charge in [0.15, 0.2) is 6.61 Å². The Morgan fingerprint density at radius 3 is 2.33 bits per heavy atom. The van der Waals surface area contributed by atoms with Crippen LogP contribution in [0.2, 0.25) is 10.0 Å². The summed E-state index contributed by atoms with van der Waals surface area (Å²) in [7, 11) is 0. The van der Waals surface area contributed by atoms with Gasteiger partial charge in [0.05, 0.1) is 21.7 Å². The molecule has 1 N–H and O–H groups in total. The maximum absolute atomic E-state index is 12.2. The van der Waals surface area contributed by atoms with Gasteiger partial charge in [-0.2, -0.15) is 0 Å². The number of esters is 1. The van der Waals surface area contributed by atoms with Crippen molar-refractivity contribution in [3.05, 3.63) is 81.8 Å². The second-order valence-corrected chi connectivity index (χ2v) is 6.84. The highest BCUT2D eigenvalue weighted by atomic mass is 35.5. The molecule has 0 aromatic heterocycles. The van der Waals surface area contributed by atoms with E-state index in [4.69, 9.17) is 27.9 Å². The molecule has 0 fully saturated rings. The minimum Gasteiger partial charge on any atom is -0.452 e. The zero-order valence-electron chi connectivity index (χ0n) is 14.5. The summed E-state index contributed by atoms with van der Waals surface area (Å²) in [5.74, 6) is -1.15. The smallest absolute Gasteiger partial charge is 0.341 e. The van der Waals surface area contributed by atoms with Crippen LogP contribution in [0.1, 0.15) is 28.9 Å². The van der Waals surface area contributed by atoms with Gasteiger partial charge < -0.3 is 10.1 Å². The third-order valence-electron chi connectivity index (χ3n) is 4.17. The fourth-order valence-corrected chi connectivity index (χ4v) is 3.44. The molecule has 1 amide bonds. The molecule has 0 saturated heterocycles. The standard InChI is InChI=1S/C21H17Cl2NO3/c1-13(15-9-4-7-14-6-2-3-8-16(14)15)24-19(25)12-27-21(26)20-17(22)10-5-11-18(20)23/h2-11,13H,12H2,1H3,(H,24,25). The predicted octanol–water partition coefficient (Wildman–Crippen LogP) is 5.18. The number of fused-ring (bicyclic) bond motifs is 1. The van der Waals surface area contributed by atoms with Crippen LogP contribution in [0.5, 0.6) is 0 Å². The Kier molecular flexibility index (Phi) is 5.99. The van der Waals surface area contributed by atoms with Crippen LogP contribution in [0.15, 0.2) is 60.7 Å². The molecule has 3 rings (SSSR count). The number of carbonyl (C=O) groups excluding carboxylic acids is 2. The first-order chi connectivity index (χ1) is 13.0. The first-order valence-electron chi connectivity index (χ1n) is 8.35. The van der Waals surface area contributed by atoms with E-state index in [0.717, 1.165) is 16.3 Å². The number of halogens is 2. The lowest BCUT2D eigenvalue weighted by molar-refractivity contribution is -0.124. The first-order valence-corrected chi connectivity index (χ1v) is 9.11. The van der Waals surface area contributed by atoms with Crippen LogP contribution in [-0.4, -0.2) is 18.5 Å². The minimum absolute atomic E-state index is 0.0516. The van der Waals surface area contributed by atoms with Gasteiger partial charge in [-0.1, -0.05) is 71.7 Å². The van der Waals surface area contributed by atoms with E-state index in [1.165, 1.54) is 12.1 Å². The molecule has 0 saturated carbocycles. The lowest BCUT2D eigenvalue weighted by atomic mass is 10.00. The van der Waals surface area contributed by atoms with Gasteiger partial charge in [-0.25, -0.2) is 4.79 Å². The second-order valence-electron chi connectivity index (χ2n) is 6.03. The second kappa shape index (κ2) is 8.42. The molecule has 1 atom stereocenters. The van der Waals surface area contributed by atoms with E-state index in [0.29, 0.717) is 0 Å². The molecule has 3 aromatic carbocycles. The van der Waals surface area contributed by atoms with Gasteiger partial charge in [0, 0.05) is 0 Å². The molecule has 4 nitrogen and oxygen atoms in total. The van der Waals surface area contributed by atoms with Crippen LogP contribution in [-0.2, 0) is 9.53 Å². The van der Waals surface area contributed by atoms with Gasteiger partial charge in [0.1, 0.15) is 0 Å². The fourth-order valence-electron chi connectivity index (χ4n) is 2.89. The molecule has 0 bridgehead atoms. The summed E-state index contributed by atoms with van der Waals surface area (Å²) in [4.78, 5) is 24.4. The Balaban J connectivity index is 1.64. The Labute approximate surface area is 167 Å². The Morgan fingerprint density at radius 1 is 0.963 bits per heavy atom. The van der Waals surface area contributed by atoms with E-state index in [9.17, 15) is 9.59 Å². The largest absolute Gasteiger partial charge is 0.452 e. The predicted molar refractivity (Wildman–Crippen MR) is 107 cm³/mol. The number of rotatable bonds is 5. The van der Waals surface area contributed by atoms with Crippen molar-refractivity contribution in [2.45, 2.75) is 13.0 Å². The number of benzene rings is 3. The van der Waals surface area contributed by atoms with E-state index < -0.39 is 18.5 Å². The summed E-state index contributed by atoms with van der Waals surface area (Å²) >= 11 is 11.9. The van der Waals surface area contributed by atoms with E-state index in [1.54, 1.807) is 6.07 Å². The number of nitrogens with one attached hydrogen (secondary N) is 1. The van der Waals surface area contributed by atoms with Crippen LogP contribution < -0.4 is 5.32 Å². The van der Waals surface area contributed by atoms with Gasteiger partial charge in [-0.05, 0) is 35.4 Å². The highest BCUT2D eigenvalue weighted by Gasteiger charge is 2.18. The van der Waals surface area contributed by atoms with E-state index in [-0.39, 0.29) is 21.7 Å². The van der Waals surface area contributed by atoms with Crippen LogP contribution in [0.3, 0.4) is 0 Å². The molecule has 0 aliphatic carbocycles. The zero-order valence-corrected chi connectivity index (χ0v) is 16.1. The van der Waals surface area contributed by atoms with Crippen molar-refractivity contribution in [1.29, 1.82) is 0 Å². The SMILES string of the molecule is CC(NC(=O)COC(=O)c1c(Cl)cccc1Cl)c1cccc2ccccc12. The molecule has 0 aliphatic rings. The van der Waals surface area contributed by atoms with Gasteiger partial charge in [-0.3, -0.25) is 4.79 Å². The summed E-state index contributed by atoms with van der Waals surface area (Å²) in [5.41, 5.74) is 1.04. The van der Waals surface area contributed by atoms with Crippen LogP contribution in [0.25, 0.3) is 10.8 Å². The highest BCUT2D eigenvalue weighted by Crippen LogP contribution is 2.25. The normalized spacial score (nSPS) is 11.8. The van der Waals surface area contributed by atoms with Crippen LogP contribution in [0, 0.1) is 0 Å². The van der Waals surface area contributed by atoms with Gasteiger partial charge >= 0.3 is 5.97 Å². The summed E-state index contributed by atoms with van der Waals surface area (Å²) in [6.45, 7) is 1.46. The number of ether oxygens (including phenoxy) is 1. The summed E-state index contributed by atoms with van der Waals surface area (Å²) in [5, 5.41) is 5.35. The molecule has 27 heavy (non-hydrogen) atoms. The lowest BCUT2D eigenvalue weighted by Gasteiger charge is -2.17.